The second kappa shape index (κ2) is 16.7. The van der Waals surface area contributed by atoms with Crippen molar-refractivity contribution in [3.8, 4) is 5.75 Å². The summed E-state index contributed by atoms with van der Waals surface area (Å²) in [5.41, 5.74) is 2.27. The van der Waals surface area contributed by atoms with Gasteiger partial charge in [-0.25, -0.2) is 0 Å². The lowest BCUT2D eigenvalue weighted by molar-refractivity contribution is -0.133. The van der Waals surface area contributed by atoms with Gasteiger partial charge in [-0.05, 0) is 49.3 Å². The number of hydrogen-bond donors (Lipinski definition) is 4. The number of ether oxygens (including phenoxy) is 1. The molecule has 0 aliphatic carbocycles. The zero-order chi connectivity index (χ0) is 26.0. The highest BCUT2D eigenvalue weighted by Gasteiger charge is 2.32. The van der Waals surface area contributed by atoms with E-state index in [1.165, 1.54) is 12.6 Å². The third-order valence-electron chi connectivity index (χ3n) is 7.61. The summed E-state index contributed by atoms with van der Waals surface area (Å²) in [6.45, 7) is 9.10. The van der Waals surface area contributed by atoms with E-state index in [-0.39, 0.29) is 54.4 Å². The van der Waals surface area contributed by atoms with E-state index >= 15 is 0 Å². The zero-order valence-electron chi connectivity index (χ0n) is 22.8. The van der Waals surface area contributed by atoms with Crippen LogP contribution >= 0.6 is 24.8 Å². The molecule has 2 atom stereocenters. The first kappa shape index (κ1) is 32.9. The average molecular weight is 588 g/mol. The predicted molar refractivity (Wildman–Crippen MR) is 157 cm³/mol. The lowest BCUT2D eigenvalue weighted by atomic mass is 9.80. The summed E-state index contributed by atoms with van der Waals surface area (Å²) >= 11 is 0. The van der Waals surface area contributed by atoms with E-state index in [2.05, 4.69) is 44.4 Å². The Morgan fingerprint density at radius 1 is 1.00 bits per heavy atom. The van der Waals surface area contributed by atoms with E-state index < -0.39 is 0 Å². The number of carbonyl (C=O) groups excluding carboxylic acids is 3. The van der Waals surface area contributed by atoms with Crippen LogP contribution in [0.2, 0.25) is 0 Å². The molecule has 1 aromatic carbocycles. The van der Waals surface area contributed by atoms with Gasteiger partial charge in [-0.15, -0.1) is 24.8 Å². The highest BCUT2D eigenvalue weighted by molar-refractivity contribution is 5.85. The fourth-order valence-electron chi connectivity index (χ4n) is 5.56. The van der Waals surface area contributed by atoms with E-state index in [0.717, 1.165) is 56.8 Å². The molecule has 0 radical (unpaired) electrons. The van der Waals surface area contributed by atoms with Crippen LogP contribution in [-0.4, -0.2) is 88.1 Å². The summed E-state index contributed by atoms with van der Waals surface area (Å²) in [5, 5.41) is 12.3. The van der Waals surface area contributed by atoms with Crippen molar-refractivity contribution in [1.82, 2.24) is 26.2 Å². The van der Waals surface area contributed by atoms with Crippen molar-refractivity contribution >= 4 is 48.2 Å². The maximum atomic E-state index is 13.0. The van der Waals surface area contributed by atoms with E-state index in [1.807, 2.05) is 4.90 Å². The maximum Gasteiger partial charge on any atom is 0.236 e. The number of carbonyl (C=O) groups is 3. The van der Waals surface area contributed by atoms with Crippen LogP contribution in [0.1, 0.15) is 38.2 Å². The summed E-state index contributed by atoms with van der Waals surface area (Å²) in [6, 6.07) is 6.38. The lowest BCUT2D eigenvalue weighted by Gasteiger charge is -2.38. The molecule has 0 aromatic heterocycles. The Kier molecular flexibility index (Phi) is 14.1. The monoisotopic (exact) mass is 586 g/mol. The topological polar surface area (TPSA) is 115 Å². The molecular weight excluding hydrogens is 543 g/mol. The Morgan fingerprint density at radius 2 is 1.77 bits per heavy atom. The second-order valence-electron chi connectivity index (χ2n) is 10.3. The molecular formula is C27H44Cl2N6O4. The summed E-state index contributed by atoms with van der Waals surface area (Å²) in [7, 11) is 0. The van der Waals surface area contributed by atoms with Gasteiger partial charge in [0, 0.05) is 83.5 Å². The maximum absolute atomic E-state index is 13.0. The van der Waals surface area contributed by atoms with Crippen molar-refractivity contribution in [1.29, 1.82) is 0 Å². The van der Waals surface area contributed by atoms with Crippen LogP contribution in [0, 0.1) is 11.8 Å². The van der Waals surface area contributed by atoms with Gasteiger partial charge in [0.15, 0.2) is 0 Å². The standard InChI is InChI=1S/C27H42N6O4.2ClH/c1-20(34)30-7-8-31-26(35)16-21-6-11-33-19-22(21)3-2-14-37-25-5-4-24(32-12-9-28-10-13-32)15-23(25)17-29-18-27(33)36;;/h4-5,15,21-22,28-29H,2-3,6-14,16-19H2,1H3,(H,30,34)(H,31,35);2*1H/t21-,22-;;/m0../s1. The molecule has 12 heteroatoms. The van der Waals surface area contributed by atoms with Gasteiger partial charge < -0.3 is 35.8 Å². The zero-order valence-corrected chi connectivity index (χ0v) is 24.5. The molecule has 2 bridgehead atoms. The van der Waals surface area contributed by atoms with Crippen molar-refractivity contribution in [2.24, 2.45) is 11.8 Å². The van der Waals surface area contributed by atoms with Crippen LogP contribution in [0.4, 0.5) is 5.69 Å². The van der Waals surface area contributed by atoms with Crippen LogP contribution in [0.15, 0.2) is 18.2 Å². The molecule has 1 aromatic rings. The molecule has 0 unspecified atom stereocenters. The Balaban J connectivity index is 0.00000267. The minimum atomic E-state index is -0.102. The first-order valence-electron chi connectivity index (χ1n) is 13.7. The van der Waals surface area contributed by atoms with E-state index in [9.17, 15) is 14.4 Å². The highest BCUT2D eigenvalue weighted by atomic mass is 35.5. The molecule has 0 spiro atoms. The number of benzene rings is 1. The molecule has 2 fully saturated rings. The third kappa shape index (κ3) is 10.0. The molecule has 3 amide bonds. The number of nitrogens with zero attached hydrogens (tertiary/aromatic N) is 2. The van der Waals surface area contributed by atoms with Gasteiger partial charge in [0.2, 0.25) is 17.7 Å². The fraction of sp³-hybridized carbons (Fsp3) is 0.667. The number of anilines is 1. The second-order valence-corrected chi connectivity index (χ2v) is 10.3. The number of rotatable bonds is 6. The Bertz CT molecular complexity index is 947. The Hall–Kier alpha value is -2.27. The Morgan fingerprint density at radius 3 is 2.54 bits per heavy atom. The quantitative estimate of drug-likeness (QED) is 0.371. The number of halogens is 2. The molecule has 0 saturated carbocycles. The van der Waals surface area contributed by atoms with Crippen molar-refractivity contribution < 1.29 is 19.1 Å². The summed E-state index contributed by atoms with van der Waals surface area (Å²) in [5.74, 6) is 1.38. The molecule has 3 heterocycles. The summed E-state index contributed by atoms with van der Waals surface area (Å²) in [6.07, 6.45) is 3.06. The smallest absolute Gasteiger partial charge is 0.236 e. The number of piperidine rings is 1. The third-order valence-corrected chi connectivity index (χ3v) is 7.61. The number of hydrogen-bond acceptors (Lipinski definition) is 7. The highest BCUT2D eigenvalue weighted by Crippen LogP contribution is 2.31. The SMILES string of the molecule is CC(=O)NCCNC(=O)C[C@@H]1CCN2C[C@@H]1CCCOc1ccc(N3CCNCC3)cc1CNCC2=O.Cl.Cl. The lowest BCUT2D eigenvalue weighted by Crippen LogP contribution is -2.47. The molecule has 3 aliphatic rings. The molecule has 10 nitrogen and oxygen atoms in total. The van der Waals surface area contributed by atoms with Gasteiger partial charge in [-0.1, -0.05) is 0 Å². The molecule has 39 heavy (non-hydrogen) atoms. The van der Waals surface area contributed by atoms with Crippen LogP contribution < -0.4 is 30.9 Å². The average Bonchev–Trinajstić information content (AvgIpc) is 2.91. The number of fused-ring (bicyclic) bond motifs is 3. The van der Waals surface area contributed by atoms with Gasteiger partial charge in [0.05, 0.1) is 13.2 Å². The van der Waals surface area contributed by atoms with Gasteiger partial charge in [0.1, 0.15) is 5.75 Å². The Labute approximate surface area is 244 Å². The first-order valence-corrected chi connectivity index (χ1v) is 13.7. The largest absolute Gasteiger partial charge is 0.493 e. The summed E-state index contributed by atoms with van der Waals surface area (Å²) < 4.78 is 6.23. The molecule has 3 aliphatic heterocycles. The van der Waals surface area contributed by atoms with Gasteiger partial charge in [-0.2, -0.15) is 0 Å². The number of amides is 3. The molecule has 2 saturated heterocycles. The van der Waals surface area contributed by atoms with Crippen molar-refractivity contribution in [2.45, 2.75) is 39.2 Å². The van der Waals surface area contributed by atoms with Crippen LogP contribution in [0.5, 0.6) is 5.75 Å². The van der Waals surface area contributed by atoms with Crippen LogP contribution in [0.3, 0.4) is 0 Å². The fourth-order valence-corrected chi connectivity index (χ4v) is 5.56. The minimum absolute atomic E-state index is 0. The van der Waals surface area contributed by atoms with E-state index in [1.54, 1.807) is 0 Å². The van der Waals surface area contributed by atoms with Gasteiger partial charge in [0.25, 0.3) is 0 Å². The number of nitrogens with one attached hydrogen (secondary N) is 4. The van der Waals surface area contributed by atoms with Crippen LogP contribution in [-0.2, 0) is 20.9 Å². The van der Waals surface area contributed by atoms with Crippen LogP contribution in [0.25, 0.3) is 0 Å². The van der Waals surface area contributed by atoms with Crippen molar-refractivity contribution in [3.05, 3.63) is 23.8 Å². The van der Waals surface area contributed by atoms with Crippen molar-refractivity contribution in [3.63, 3.8) is 0 Å². The van der Waals surface area contributed by atoms with Gasteiger partial charge in [-0.3, -0.25) is 14.4 Å². The molecule has 220 valence electrons. The minimum Gasteiger partial charge on any atom is -0.493 e. The first-order chi connectivity index (χ1) is 18.0. The van der Waals surface area contributed by atoms with Gasteiger partial charge >= 0.3 is 0 Å². The van der Waals surface area contributed by atoms with E-state index in [0.29, 0.717) is 52.3 Å². The normalized spacial score (nSPS) is 21.8. The summed E-state index contributed by atoms with van der Waals surface area (Å²) in [4.78, 5) is 40.9. The van der Waals surface area contributed by atoms with E-state index in [4.69, 9.17) is 4.74 Å². The number of piperazine rings is 1. The van der Waals surface area contributed by atoms with Crippen molar-refractivity contribution in [2.75, 3.05) is 70.4 Å². The molecule has 4 rings (SSSR count). The molecule has 4 N–H and O–H groups in total. The predicted octanol–water partition coefficient (Wildman–Crippen LogP) is 1.31.